The van der Waals surface area contributed by atoms with Crippen LogP contribution in [-0.2, 0) is 6.54 Å². The molecule has 21 heavy (non-hydrogen) atoms. The van der Waals surface area contributed by atoms with E-state index < -0.39 is 0 Å². The van der Waals surface area contributed by atoms with Crippen molar-refractivity contribution in [3.63, 3.8) is 0 Å². The summed E-state index contributed by atoms with van der Waals surface area (Å²) in [7, 11) is 0. The van der Waals surface area contributed by atoms with Gasteiger partial charge in [0.2, 0.25) is 0 Å². The van der Waals surface area contributed by atoms with Crippen molar-refractivity contribution in [3.8, 4) is 0 Å². The van der Waals surface area contributed by atoms with Crippen LogP contribution in [0.15, 0.2) is 28.1 Å². The van der Waals surface area contributed by atoms with Crippen LogP contribution in [0.3, 0.4) is 0 Å². The number of hydrogen-bond acceptors (Lipinski definition) is 5. The highest BCUT2D eigenvalue weighted by atomic mass is 79.9. The van der Waals surface area contributed by atoms with Crippen LogP contribution in [0.25, 0.3) is 10.1 Å². The second kappa shape index (κ2) is 5.75. The predicted octanol–water partition coefficient (Wildman–Crippen LogP) is 3.94. The van der Waals surface area contributed by atoms with Crippen LogP contribution in [0, 0.1) is 6.92 Å². The summed E-state index contributed by atoms with van der Waals surface area (Å²) < 4.78 is 1.97. The highest BCUT2D eigenvalue weighted by Gasteiger charge is 2.16. The van der Waals surface area contributed by atoms with E-state index >= 15 is 0 Å². The van der Waals surface area contributed by atoms with E-state index in [0.717, 1.165) is 25.3 Å². The number of hydrogen-bond donors (Lipinski definition) is 2. The zero-order valence-corrected chi connectivity index (χ0v) is 14.4. The number of benzene rings is 1. The Kier molecular flexibility index (Phi) is 3.97. The summed E-state index contributed by atoms with van der Waals surface area (Å²) in [6.45, 7) is 2.36. The summed E-state index contributed by atoms with van der Waals surface area (Å²) in [5, 5.41) is 6.64. The number of anilines is 1. The Hall–Kier alpha value is -1.44. The van der Waals surface area contributed by atoms with Crippen LogP contribution < -0.4 is 11.1 Å². The molecule has 2 aromatic heterocycles. The number of carbonyl (C=O) groups is 1. The molecule has 108 valence electrons. The molecule has 0 saturated carbocycles. The van der Waals surface area contributed by atoms with Gasteiger partial charge >= 0.3 is 0 Å². The van der Waals surface area contributed by atoms with E-state index in [-0.39, 0.29) is 5.91 Å². The molecule has 3 rings (SSSR count). The van der Waals surface area contributed by atoms with E-state index in [2.05, 4.69) is 26.2 Å². The van der Waals surface area contributed by atoms with Gasteiger partial charge in [0.15, 0.2) is 0 Å². The monoisotopic (exact) mass is 381 g/mol. The Balaban J connectivity index is 1.82. The third-order valence-electron chi connectivity index (χ3n) is 2.96. The lowest BCUT2D eigenvalue weighted by molar-refractivity contribution is 0.0956. The lowest BCUT2D eigenvalue weighted by Crippen LogP contribution is -2.22. The predicted molar refractivity (Wildman–Crippen MR) is 92.0 cm³/mol. The first-order chi connectivity index (χ1) is 10.0. The fourth-order valence-corrected chi connectivity index (χ4v) is 4.28. The molecule has 2 heterocycles. The van der Waals surface area contributed by atoms with E-state index in [0.29, 0.717) is 17.1 Å². The summed E-state index contributed by atoms with van der Waals surface area (Å²) in [5.41, 5.74) is 7.59. The number of nitrogens with one attached hydrogen (secondary N) is 1. The number of nitrogens with two attached hydrogens (primary N) is 1. The number of amides is 1. The van der Waals surface area contributed by atoms with Gasteiger partial charge in [-0.25, -0.2) is 4.98 Å². The Bertz CT molecular complexity index is 825. The maximum Gasteiger partial charge on any atom is 0.263 e. The van der Waals surface area contributed by atoms with Crippen molar-refractivity contribution in [1.82, 2.24) is 10.3 Å². The lowest BCUT2D eigenvalue weighted by Gasteiger charge is -2.01. The first-order valence-corrected chi connectivity index (χ1v) is 8.70. The smallest absolute Gasteiger partial charge is 0.263 e. The molecular weight excluding hydrogens is 370 g/mol. The molecule has 0 spiro atoms. The summed E-state index contributed by atoms with van der Waals surface area (Å²) >= 11 is 6.37. The molecule has 0 radical (unpaired) electrons. The number of aromatic nitrogens is 1. The van der Waals surface area contributed by atoms with E-state index in [4.69, 9.17) is 5.73 Å². The van der Waals surface area contributed by atoms with Gasteiger partial charge in [-0.2, -0.15) is 0 Å². The molecule has 0 saturated heterocycles. The highest BCUT2D eigenvalue weighted by molar-refractivity contribution is 9.10. The van der Waals surface area contributed by atoms with Crippen LogP contribution in [0.2, 0.25) is 0 Å². The molecule has 3 N–H and O–H groups in total. The Morgan fingerprint density at radius 2 is 2.29 bits per heavy atom. The largest absolute Gasteiger partial charge is 0.397 e. The maximum atomic E-state index is 12.3. The Morgan fingerprint density at radius 1 is 1.48 bits per heavy atom. The molecule has 1 amide bonds. The fourth-order valence-electron chi connectivity index (χ4n) is 1.98. The average Bonchev–Trinajstić information content (AvgIpc) is 3.00. The highest BCUT2D eigenvalue weighted by Crippen LogP contribution is 2.35. The number of aryl methyl sites for hydroxylation is 1. The topological polar surface area (TPSA) is 68.0 Å². The van der Waals surface area contributed by atoms with Gasteiger partial charge in [0.05, 0.1) is 12.2 Å². The summed E-state index contributed by atoms with van der Waals surface area (Å²) in [4.78, 5) is 17.2. The first kappa shape index (κ1) is 14.5. The molecule has 7 heteroatoms. The fraction of sp³-hybridized carbons (Fsp3) is 0.143. The molecular formula is C14H12BrN3OS2. The SMILES string of the molecule is Cc1csc(CNC(=O)c2sc3cc(Br)ccc3c2N)n1. The van der Waals surface area contributed by atoms with Gasteiger partial charge in [-0.05, 0) is 19.1 Å². The van der Waals surface area contributed by atoms with Crippen LogP contribution in [-0.4, -0.2) is 10.9 Å². The van der Waals surface area contributed by atoms with Gasteiger partial charge in [0, 0.05) is 25.6 Å². The zero-order chi connectivity index (χ0) is 15.0. The summed E-state index contributed by atoms with van der Waals surface area (Å²) in [6, 6.07) is 5.81. The van der Waals surface area contributed by atoms with Gasteiger partial charge in [-0.1, -0.05) is 22.0 Å². The van der Waals surface area contributed by atoms with E-state index in [9.17, 15) is 4.79 Å². The van der Waals surface area contributed by atoms with Crippen molar-refractivity contribution >= 4 is 60.3 Å². The number of nitrogen functional groups attached to an aromatic ring is 1. The van der Waals surface area contributed by atoms with Crippen molar-refractivity contribution in [3.05, 3.63) is 43.6 Å². The standard InChI is InChI=1S/C14H12BrN3OS2/c1-7-6-20-11(18-7)5-17-14(19)13-12(16)9-3-2-8(15)4-10(9)21-13/h2-4,6H,5,16H2,1H3,(H,17,19). The van der Waals surface area contributed by atoms with Crippen molar-refractivity contribution in [2.45, 2.75) is 13.5 Å². The van der Waals surface area contributed by atoms with E-state index in [1.807, 2.05) is 30.5 Å². The van der Waals surface area contributed by atoms with Crippen molar-refractivity contribution < 1.29 is 4.79 Å². The van der Waals surface area contributed by atoms with Crippen LogP contribution in [0.1, 0.15) is 20.4 Å². The minimum absolute atomic E-state index is 0.155. The van der Waals surface area contributed by atoms with Crippen molar-refractivity contribution in [2.24, 2.45) is 0 Å². The van der Waals surface area contributed by atoms with Gasteiger partial charge < -0.3 is 11.1 Å². The van der Waals surface area contributed by atoms with Crippen LogP contribution in [0.5, 0.6) is 0 Å². The van der Waals surface area contributed by atoms with Crippen molar-refractivity contribution in [2.75, 3.05) is 5.73 Å². The van der Waals surface area contributed by atoms with Crippen LogP contribution >= 0.6 is 38.6 Å². The molecule has 3 aromatic rings. The minimum atomic E-state index is -0.155. The van der Waals surface area contributed by atoms with Gasteiger partial charge in [0.25, 0.3) is 5.91 Å². The second-order valence-corrected chi connectivity index (χ2v) is 7.46. The van der Waals surface area contributed by atoms with Gasteiger partial charge in [-0.3, -0.25) is 4.79 Å². The number of thiazole rings is 1. The Morgan fingerprint density at radius 3 is 3.00 bits per heavy atom. The van der Waals surface area contributed by atoms with Crippen LogP contribution in [0.4, 0.5) is 5.69 Å². The molecule has 0 fully saturated rings. The molecule has 0 unspecified atom stereocenters. The molecule has 0 aliphatic carbocycles. The van der Waals surface area contributed by atoms with Gasteiger partial charge in [0.1, 0.15) is 9.88 Å². The quantitative estimate of drug-likeness (QED) is 0.721. The lowest BCUT2D eigenvalue weighted by atomic mass is 10.2. The molecule has 1 aromatic carbocycles. The number of rotatable bonds is 3. The normalized spacial score (nSPS) is 11.0. The summed E-state index contributed by atoms with van der Waals surface area (Å²) in [6.07, 6.45) is 0. The number of halogens is 1. The second-order valence-electron chi connectivity index (χ2n) is 4.55. The zero-order valence-electron chi connectivity index (χ0n) is 11.1. The van der Waals surface area contributed by atoms with E-state index in [1.54, 1.807) is 0 Å². The van der Waals surface area contributed by atoms with Gasteiger partial charge in [-0.15, -0.1) is 22.7 Å². The number of nitrogens with zero attached hydrogens (tertiary/aromatic N) is 1. The van der Waals surface area contributed by atoms with Crippen molar-refractivity contribution in [1.29, 1.82) is 0 Å². The third-order valence-corrected chi connectivity index (χ3v) is 5.59. The number of carbonyl (C=O) groups excluding carboxylic acids is 1. The third kappa shape index (κ3) is 2.95. The maximum absolute atomic E-state index is 12.3. The number of fused-ring (bicyclic) bond motifs is 1. The molecule has 0 aliphatic rings. The molecule has 4 nitrogen and oxygen atoms in total. The Labute approximate surface area is 138 Å². The molecule has 0 atom stereocenters. The molecule has 0 bridgehead atoms. The molecule has 0 aliphatic heterocycles. The minimum Gasteiger partial charge on any atom is -0.397 e. The average molecular weight is 382 g/mol. The first-order valence-electron chi connectivity index (χ1n) is 6.21. The number of thiophene rings is 1. The summed E-state index contributed by atoms with van der Waals surface area (Å²) in [5.74, 6) is -0.155. The van der Waals surface area contributed by atoms with E-state index in [1.165, 1.54) is 22.7 Å².